The number of para-hydroxylation sites is 4. The van der Waals surface area contributed by atoms with Gasteiger partial charge in [-0.05, 0) is 44.0 Å². The molecule has 0 fully saturated rings. The summed E-state index contributed by atoms with van der Waals surface area (Å²) >= 11 is 0. The van der Waals surface area contributed by atoms with Crippen molar-refractivity contribution in [1.29, 1.82) is 0 Å². The zero-order valence-electron chi connectivity index (χ0n) is 18.2. The largest absolute Gasteiger partial charge is 0.493 e. The SMILES string of the molecule is CCC(CC)C(=O)NC(C)c1nc2ccccc2n1CCOc1ccccc1OC. The summed E-state index contributed by atoms with van der Waals surface area (Å²) in [7, 11) is 1.63. The normalized spacial score (nSPS) is 12.2. The first kappa shape index (κ1) is 21.7. The number of hydrogen-bond donors (Lipinski definition) is 1. The minimum atomic E-state index is -0.197. The topological polar surface area (TPSA) is 65.4 Å². The van der Waals surface area contributed by atoms with Crippen LogP contribution < -0.4 is 14.8 Å². The van der Waals surface area contributed by atoms with E-state index in [-0.39, 0.29) is 17.9 Å². The lowest BCUT2D eigenvalue weighted by Gasteiger charge is -2.19. The van der Waals surface area contributed by atoms with Gasteiger partial charge in [-0.15, -0.1) is 0 Å². The summed E-state index contributed by atoms with van der Waals surface area (Å²) in [6.45, 7) is 7.14. The molecule has 0 spiro atoms. The number of rotatable bonds is 10. The molecule has 2 aromatic carbocycles. The monoisotopic (exact) mass is 409 g/mol. The second-order valence-electron chi connectivity index (χ2n) is 7.35. The van der Waals surface area contributed by atoms with E-state index >= 15 is 0 Å². The molecule has 0 aliphatic heterocycles. The van der Waals surface area contributed by atoms with Gasteiger partial charge < -0.3 is 19.4 Å². The highest BCUT2D eigenvalue weighted by molar-refractivity contribution is 5.79. The van der Waals surface area contributed by atoms with E-state index in [0.29, 0.717) is 24.7 Å². The lowest BCUT2D eigenvalue weighted by molar-refractivity contribution is -0.125. The van der Waals surface area contributed by atoms with Crippen LogP contribution in [0.15, 0.2) is 48.5 Å². The van der Waals surface area contributed by atoms with Crippen LogP contribution in [0.4, 0.5) is 0 Å². The Bertz CT molecular complexity index is 979. The summed E-state index contributed by atoms with van der Waals surface area (Å²) in [6.07, 6.45) is 1.66. The van der Waals surface area contributed by atoms with Gasteiger partial charge in [0.25, 0.3) is 0 Å². The van der Waals surface area contributed by atoms with Crippen molar-refractivity contribution in [2.75, 3.05) is 13.7 Å². The van der Waals surface area contributed by atoms with E-state index < -0.39 is 0 Å². The van der Waals surface area contributed by atoms with Crippen LogP contribution in [-0.2, 0) is 11.3 Å². The quantitative estimate of drug-likeness (QED) is 0.525. The molecule has 1 atom stereocenters. The number of nitrogens with zero attached hydrogens (tertiary/aromatic N) is 2. The summed E-state index contributed by atoms with van der Waals surface area (Å²) in [5.74, 6) is 2.36. The van der Waals surface area contributed by atoms with E-state index in [0.717, 1.165) is 29.7 Å². The second-order valence-corrected chi connectivity index (χ2v) is 7.35. The minimum absolute atomic E-state index is 0.0270. The number of ether oxygens (including phenoxy) is 2. The molecule has 1 unspecified atom stereocenters. The van der Waals surface area contributed by atoms with Gasteiger partial charge in [0.05, 0.1) is 30.7 Å². The van der Waals surface area contributed by atoms with Crippen molar-refractivity contribution in [3.8, 4) is 11.5 Å². The molecule has 1 heterocycles. The molecule has 0 saturated heterocycles. The Morgan fingerprint density at radius 3 is 2.43 bits per heavy atom. The van der Waals surface area contributed by atoms with E-state index in [1.807, 2.05) is 69.3 Å². The maximum atomic E-state index is 12.6. The lowest BCUT2D eigenvalue weighted by Crippen LogP contribution is -2.33. The third-order valence-electron chi connectivity index (χ3n) is 5.43. The third kappa shape index (κ3) is 4.75. The van der Waals surface area contributed by atoms with E-state index in [1.165, 1.54) is 0 Å². The van der Waals surface area contributed by atoms with Crippen molar-refractivity contribution in [3.63, 3.8) is 0 Å². The Hall–Kier alpha value is -3.02. The molecule has 160 valence electrons. The first-order valence-electron chi connectivity index (χ1n) is 10.6. The maximum absolute atomic E-state index is 12.6. The van der Waals surface area contributed by atoms with E-state index in [1.54, 1.807) is 7.11 Å². The van der Waals surface area contributed by atoms with Crippen molar-refractivity contribution in [2.24, 2.45) is 5.92 Å². The molecule has 0 radical (unpaired) electrons. The van der Waals surface area contributed by atoms with E-state index in [4.69, 9.17) is 14.5 Å². The Labute approximate surface area is 178 Å². The van der Waals surface area contributed by atoms with Crippen LogP contribution >= 0.6 is 0 Å². The number of hydrogen-bond acceptors (Lipinski definition) is 4. The highest BCUT2D eigenvalue weighted by Crippen LogP contribution is 2.26. The molecule has 1 N–H and O–H groups in total. The highest BCUT2D eigenvalue weighted by Gasteiger charge is 2.21. The number of imidazole rings is 1. The predicted molar refractivity (Wildman–Crippen MR) is 119 cm³/mol. The smallest absolute Gasteiger partial charge is 0.223 e. The molecule has 6 nitrogen and oxygen atoms in total. The van der Waals surface area contributed by atoms with Crippen molar-refractivity contribution in [3.05, 3.63) is 54.4 Å². The number of aromatic nitrogens is 2. The first-order chi connectivity index (χ1) is 14.6. The Morgan fingerprint density at radius 1 is 1.07 bits per heavy atom. The number of carbonyl (C=O) groups is 1. The van der Waals surface area contributed by atoms with Gasteiger partial charge >= 0.3 is 0 Å². The van der Waals surface area contributed by atoms with Crippen LogP contribution in [0, 0.1) is 5.92 Å². The third-order valence-corrected chi connectivity index (χ3v) is 5.43. The number of benzene rings is 2. The summed E-state index contributed by atoms with van der Waals surface area (Å²) in [4.78, 5) is 17.4. The zero-order chi connectivity index (χ0) is 21.5. The zero-order valence-corrected chi connectivity index (χ0v) is 18.2. The van der Waals surface area contributed by atoms with Crippen molar-refractivity contribution < 1.29 is 14.3 Å². The molecule has 1 amide bonds. The average Bonchev–Trinajstić information content (AvgIpc) is 3.14. The molecule has 1 aromatic heterocycles. The molecule has 30 heavy (non-hydrogen) atoms. The fourth-order valence-electron chi connectivity index (χ4n) is 3.70. The van der Waals surface area contributed by atoms with Gasteiger partial charge in [-0.3, -0.25) is 4.79 Å². The molecule has 0 aliphatic carbocycles. The van der Waals surface area contributed by atoms with Gasteiger partial charge in [0.2, 0.25) is 5.91 Å². The predicted octanol–water partition coefficient (Wildman–Crippen LogP) is 4.74. The summed E-state index contributed by atoms with van der Waals surface area (Å²) in [5, 5.41) is 3.14. The number of fused-ring (bicyclic) bond motifs is 1. The highest BCUT2D eigenvalue weighted by atomic mass is 16.5. The Morgan fingerprint density at radius 2 is 1.73 bits per heavy atom. The average molecular weight is 410 g/mol. The minimum Gasteiger partial charge on any atom is -0.493 e. The second kappa shape index (κ2) is 10.1. The van der Waals surface area contributed by atoms with Crippen LogP contribution in [0.5, 0.6) is 11.5 Å². The van der Waals surface area contributed by atoms with Gasteiger partial charge in [0, 0.05) is 5.92 Å². The summed E-state index contributed by atoms with van der Waals surface area (Å²) < 4.78 is 13.5. The number of methoxy groups -OCH3 is 1. The van der Waals surface area contributed by atoms with Gasteiger partial charge in [-0.25, -0.2) is 4.98 Å². The number of carbonyl (C=O) groups excluding carboxylic acids is 1. The van der Waals surface area contributed by atoms with Gasteiger partial charge in [-0.2, -0.15) is 0 Å². The summed E-state index contributed by atoms with van der Waals surface area (Å²) in [5.41, 5.74) is 1.94. The number of amides is 1. The van der Waals surface area contributed by atoms with Crippen LogP contribution in [0.3, 0.4) is 0 Å². The van der Waals surface area contributed by atoms with Crippen molar-refractivity contribution >= 4 is 16.9 Å². The van der Waals surface area contributed by atoms with Crippen LogP contribution in [0.1, 0.15) is 45.5 Å². The van der Waals surface area contributed by atoms with Crippen molar-refractivity contribution in [1.82, 2.24) is 14.9 Å². The van der Waals surface area contributed by atoms with Gasteiger partial charge in [0.1, 0.15) is 12.4 Å². The van der Waals surface area contributed by atoms with Crippen LogP contribution in [0.2, 0.25) is 0 Å². The maximum Gasteiger partial charge on any atom is 0.223 e. The molecule has 0 aliphatic rings. The lowest BCUT2D eigenvalue weighted by atomic mass is 10.0. The van der Waals surface area contributed by atoms with E-state index in [9.17, 15) is 4.79 Å². The standard InChI is InChI=1S/C24H31N3O3/c1-5-18(6-2)24(28)25-17(3)23-26-19-11-7-8-12-20(19)27(23)15-16-30-22-14-10-9-13-21(22)29-4/h7-14,17-18H,5-6,15-16H2,1-4H3,(H,25,28). The van der Waals surface area contributed by atoms with Gasteiger partial charge in [-0.1, -0.05) is 38.1 Å². The Balaban J connectivity index is 1.80. The number of nitrogens with one attached hydrogen (secondary N) is 1. The Kier molecular flexibility index (Phi) is 7.33. The summed E-state index contributed by atoms with van der Waals surface area (Å²) in [6, 6.07) is 15.4. The molecule has 3 aromatic rings. The molecule has 3 rings (SSSR count). The molecule has 0 saturated carbocycles. The van der Waals surface area contributed by atoms with Crippen molar-refractivity contribution in [2.45, 2.75) is 46.2 Å². The molecule has 0 bridgehead atoms. The van der Waals surface area contributed by atoms with E-state index in [2.05, 4.69) is 9.88 Å². The van der Waals surface area contributed by atoms with Crippen LogP contribution in [0.25, 0.3) is 11.0 Å². The fraction of sp³-hybridized carbons (Fsp3) is 0.417. The van der Waals surface area contributed by atoms with Gasteiger partial charge in [0.15, 0.2) is 11.5 Å². The fourth-order valence-corrected chi connectivity index (χ4v) is 3.70. The molecule has 6 heteroatoms. The molecular formula is C24H31N3O3. The first-order valence-corrected chi connectivity index (χ1v) is 10.6. The van der Waals surface area contributed by atoms with Crippen LogP contribution in [-0.4, -0.2) is 29.2 Å². The molecular weight excluding hydrogens is 378 g/mol.